The highest BCUT2D eigenvalue weighted by Crippen LogP contribution is 2.38. The summed E-state index contributed by atoms with van der Waals surface area (Å²) in [5, 5.41) is 0. The Morgan fingerprint density at radius 2 is 1.81 bits per heavy atom. The highest BCUT2D eigenvalue weighted by atomic mass is 35.5. The molecule has 16 heavy (non-hydrogen) atoms. The molecule has 0 saturated carbocycles. The molecular weight excluding hydrogens is 269 g/mol. The van der Waals surface area contributed by atoms with Crippen LogP contribution in [0.2, 0.25) is 0 Å². The van der Waals surface area contributed by atoms with Crippen LogP contribution in [0.15, 0.2) is 0 Å². The number of thioether (sulfide) groups is 1. The normalized spacial score (nSPS) is 15.4. The van der Waals surface area contributed by atoms with E-state index in [2.05, 4.69) is 4.74 Å². The average molecular weight is 279 g/mol. The Morgan fingerprint density at radius 3 is 2.12 bits per heavy atom. The summed E-state index contributed by atoms with van der Waals surface area (Å²) in [7, 11) is 0. The standard InChI is InChI=1S/C8H10ClF3O3S/c1-3-15-6(14)7(9,16-4-2)5(13)8(10,11)12/h3-4H2,1-2H3. The van der Waals surface area contributed by atoms with Gasteiger partial charge in [-0.2, -0.15) is 13.2 Å². The Balaban J connectivity index is 5.10. The Hall–Kier alpha value is -0.430. The molecular formula is C8H10ClF3O3S. The maximum atomic E-state index is 12.2. The molecule has 0 spiro atoms. The maximum Gasteiger partial charge on any atom is 0.453 e. The van der Waals surface area contributed by atoms with E-state index in [1.807, 2.05) is 0 Å². The maximum absolute atomic E-state index is 12.2. The molecule has 0 aliphatic carbocycles. The van der Waals surface area contributed by atoms with Crippen LogP contribution in [0.3, 0.4) is 0 Å². The van der Waals surface area contributed by atoms with E-state index in [1.165, 1.54) is 13.8 Å². The van der Waals surface area contributed by atoms with Crippen molar-refractivity contribution in [2.45, 2.75) is 24.2 Å². The van der Waals surface area contributed by atoms with Crippen molar-refractivity contribution >= 4 is 35.1 Å². The lowest BCUT2D eigenvalue weighted by atomic mass is 10.2. The van der Waals surface area contributed by atoms with Gasteiger partial charge in [-0.25, -0.2) is 4.79 Å². The predicted octanol–water partition coefficient (Wildman–Crippen LogP) is 2.37. The largest absolute Gasteiger partial charge is 0.464 e. The van der Waals surface area contributed by atoms with Gasteiger partial charge in [0.05, 0.1) is 6.61 Å². The summed E-state index contributed by atoms with van der Waals surface area (Å²) < 4.78 is 38.3. The van der Waals surface area contributed by atoms with E-state index < -0.39 is 22.1 Å². The molecule has 1 atom stereocenters. The fourth-order valence-electron chi connectivity index (χ4n) is 0.822. The van der Waals surface area contributed by atoms with E-state index in [0.717, 1.165) is 0 Å². The molecule has 0 heterocycles. The number of rotatable bonds is 5. The first-order valence-corrected chi connectivity index (χ1v) is 5.68. The predicted molar refractivity (Wildman–Crippen MR) is 54.4 cm³/mol. The van der Waals surface area contributed by atoms with Crippen LogP contribution in [0.1, 0.15) is 13.8 Å². The second-order valence-electron chi connectivity index (χ2n) is 2.58. The first-order chi connectivity index (χ1) is 7.20. The lowest BCUT2D eigenvalue weighted by molar-refractivity contribution is -0.175. The topological polar surface area (TPSA) is 43.4 Å². The number of carbonyl (C=O) groups excluding carboxylic acids is 2. The number of Topliss-reactive ketones (excluding diaryl/α,β-unsaturated/α-hetero) is 1. The molecule has 0 fully saturated rings. The van der Waals surface area contributed by atoms with E-state index in [1.54, 1.807) is 0 Å². The molecule has 0 bridgehead atoms. The summed E-state index contributed by atoms with van der Waals surface area (Å²) in [6.07, 6.45) is -5.17. The summed E-state index contributed by atoms with van der Waals surface area (Å²) >= 11 is 5.81. The molecule has 0 aromatic carbocycles. The van der Waals surface area contributed by atoms with E-state index in [4.69, 9.17) is 11.6 Å². The van der Waals surface area contributed by atoms with Crippen molar-refractivity contribution in [3.8, 4) is 0 Å². The van der Waals surface area contributed by atoms with Crippen LogP contribution in [0.4, 0.5) is 13.2 Å². The number of alkyl halides is 4. The Kier molecular flexibility index (Phi) is 5.61. The van der Waals surface area contributed by atoms with Crippen molar-refractivity contribution < 1.29 is 27.5 Å². The number of ketones is 1. The highest BCUT2D eigenvalue weighted by molar-refractivity contribution is 8.03. The summed E-state index contributed by atoms with van der Waals surface area (Å²) in [5.74, 6) is -3.62. The third-order valence-corrected chi connectivity index (χ3v) is 3.12. The first kappa shape index (κ1) is 15.6. The molecule has 0 radical (unpaired) electrons. The fourth-order valence-corrected chi connectivity index (χ4v) is 2.13. The molecule has 0 aliphatic heterocycles. The van der Waals surface area contributed by atoms with Crippen molar-refractivity contribution in [2.75, 3.05) is 12.4 Å². The second kappa shape index (κ2) is 5.77. The Morgan fingerprint density at radius 1 is 1.31 bits per heavy atom. The SMILES string of the molecule is CCOC(=O)C(Cl)(SCC)C(=O)C(F)(F)F. The van der Waals surface area contributed by atoms with Crippen LogP contribution >= 0.6 is 23.4 Å². The van der Waals surface area contributed by atoms with Gasteiger partial charge < -0.3 is 4.74 Å². The highest BCUT2D eigenvalue weighted by Gasteiger charge is 2.57. The van der Waals surface area contributed by atoms with E-state index in [-0.39, 0.29) is 12.4 Å². The van der Waals surface area contributed by atoms with Gasteiger partial charge >= 0.3 is 12.1 Å². The van der Waals surface area contributed by atoms with Crippen LogP contribution < -0.4 is 0 Å². The van der Waals surface area contributed by atoms with Crippen LogP contribution in [-0.2, 0) is 14.3 Å². The van der Waals surface area contributed by atoms with Gasteiger partial charge in [0.15, 0.2) is 0 Å². The van der Waals surface area contributed by atoms with E-state index in [0.29, 0.717) is 11.8 Å². The zero-order valence-corrected chi connectivity index (χ0v) is 10.1. The smallest absolute Gasteiger partial charge is 0.453 e. The van der Waals surface area contributed by atoms with Crippen LogP contribution in [0.25, 0.3) is 0 Å². The minimum Gasteiger partial charge on any atom is -0.464 e. The average Bonchev–Trinajstić information content (AvgIpc) is 2.15. The molecule has 0 saturated heterocycles. The van der Waals surface area contributed by atoms with E-state index in [9.17, 15) is 22.8 Å². The Bertz CT molecular complexity index is 282. The Labute approximate surface area is 99.7 Å². The molecule has 0 aliphatic rings. The van der Waals surface area contributed by atoms with Crippen molar-refractivity contribution in [1.29, 1.82) is 0 Å². The number of ether oxygens (including phenoxy) is 1. The number of esters is 1. The monoisotopic (exact) mass is 278 g/mol. The molecule has 0 aromatic rings. The minimum atomic E-state index is -5.17. The summed E-state index contributed by atoms with van der Waals surface area (Å²) in [6.45, 7) is 2.73. The third-order valence-electron chi connectivity index (χ3n) is 1.43. The number of hydrogen-bond acceptors (Lipinski definition) is 4. The lowest BCUT2D eigenvalue weighted by Crippen LogP contribution is -2.47. The van der Waals surface area contributed by atoms with Gasteiger partial charge in [0, 0.05) is 0 Å². The molecule has 3 nitrogen and oxygen atoms in total. The molecule has 8 heteroatoms. The van der Waals surface area contributed by atoms with Crippen LogP contribution in [0, 0.1) is 0 Å². The van der Waals surface area contributed by atoms with Crippen LogP contribution in [0.5, 0.6) is 0 Å². The van der Waals surface area contributed by atoms with Gasteiger partial charge in [-0.15, -0.1) is 11.8 Å². The van der Waals surface area contributed by atoms with Crippen LogP contribution in [-0.4, -0.2) is 34.5 Å². The van der Waals surface area contributed by atoms with Gasteiger partial charge in [0.25, 0.3) is 9.99 Å². The van der Waals surface area contributed by atoms with Gasteiger partial charge in [-0.05, 0) is 12.7 Å². The molecule has 0 rings (SSSR count). The van der Waals surface area contributed by atoms with Crippen molar-refractivity contribution in [3.05, 3.63) is 0 Å². The summed E-state index contributed by atoms with van der Waals surface area (Å²) in [5.41, 5.74) is 0. The number of halogens is 4. The fraction of sp³-hybridized carbons (Fsp3) is 0.750. The molecule has 94 valence electrons. The van der Waals surface area contributed by atoms with Gasteiger partial charge in [-0.3, -0.25) is 4.79 Å². The molecule has 0 aromatic heterocycles. The zero-order chi connectivity index (χ0) is 13.0. The quantitative estimate of drug-likeness (QED) is 0.440. The van der Waals surface area contributed by atoms with Crippen molar-refractivity contribution in [1.82, 2.24) is 0 Å². The summed E-state index contributed by atoms with van der Waals surface area (Å²) in [4.78, 5) is 22.3. The third kappa shape index (κ3) is 3.55. The lowest BCUT2D eigenvalue weighted by Gasteiger charge is -2.23. The van der Waals surface area contributed by atoms with Crippen molar-refractivity contribution in [3.63, 3.8) is 0 Å². The summed E-state index contributed by atoms with van der Waals surface area (Å²) in [6, 6.07) is 0. The second-order valence-corrected chi connectivity index (χ2v) is 4.85. The number of carbonyl (C=O) groups is 2. The van der Waals surface area contributed by atoms with E-state index >= 15 is 0 Å². The van der Waals surface area contributed by atoms with Gasteiger partial charge in [0.2, 0.25) is 0 Å². The number of hydrogen-bond donors (Lipinski definition) is 0. The molecule has 1 unspecified atom stereocenters. The van der Waals surface area contributed by atoms with Gasteiger partial charge in [0.1, 0.15) is 0 Å². The molecule has 0 amide bonds. The van der Waals surface area contributed by atoms with Gasteiger partial charge in [-0.1, -0.05) is 18.5 Å². The molecule has 0 N–H and O–H groups in total. The van der Waals surface area contributed by atoms with Crippen molar-refractivity contribution in [2.24, 2.45) is 0 Å². The minimum absolute atomic E-state index is 0.0735. The first-order valence-electron chi connectivity index (χ1n) is 4.31. The zero-order valence-electron chi connectivity index (χ0n) is 8.56.